The van der Waals surface area contributed by atoms with E-state index in [0.29, 0.717) is 0 Å². The van der Waals surface area contributed by atoms with E-state index < -0.39 is 26.2 Å². The van der Waals surface area contributed by atoms with E-state index in [2.05, 4.69) is 19.7 Å². The number of hydrogen-bond donors (Lipinski definition) is 3. The van der Waals surface area contributed by atoms with Gasteiger partial charge in [-0.1, -0.05) is 11.3 Å². The number of nitrogens with one attached hydrogen (secondary N) is 3. The smallest absolute Gasteiger partial charge is 0.313 e. The highest BCUT2D eigenvalue weighted by atomic mass is 32.2. The summed E-state index contributed by atoms with van der Waals surface area (Å²) in [5.74, 6) is 0. The van der Waals surface area contributed by atoms with Crippen molar-refractivity contribution in [3.8, 4) is 10.6 Å². The monoisotopic (exact) mass is 401 g/mol. The molecule has 0 saturated heterocycles. The summed E-state index contributed by atoms with van der Waals surface area (Å²) in [6.07, 6.45) is 2.55. The lowest BCUT2D eigenvalue weighted by Crippen LogP contribution is -2.29. The summed E-state index contributed by atoms with van der Waals surface area (Å²) in [5.41, 5.74) is 0.0875. The summed E-state index contributed by atoms with van der Waals surface area (Å²) < 4.78 is 27.0. The van der Waals surface area contributed by atoms with E-state index in [1.165, 1.54) is 11.3 Å². The molecule has 3 heterocycles. The third kappa shape index (κ3) is 3.37. The molecule has 11 heteroatoms. The number of hydrogen-bond acceptors (Lipinski definition) is 7. The van der Waals surface area contributed by atoms with E-state index in [9.17, 15) is 18.0 Å². The van der Waals surface area contributed by atoms with E-state index in [-0.39, 0.29) is 5.69 Å². The number of thiazole rings is 1. The fourth-order valence-corrected chi connectivity index (χ4v) is 4.36. The third-order valence-electron chi connectivity index (χ3n) is 3.63. The van der Waals surface area contributed by atoms with Gasteiger partial charge in [0.25, 0.3) is 15.6 Å². The quantitative estimate of drug-likeness (QED) is 0.474. The molecule has 0 atom stereocenters. The molecule has 27 heavy (non-hydrogen) atoms. The minimum absolute atomic E-state index is 0.267. The molecule has 3 N–H and O–H groups in total. The van der Waals surface area contributed by atoms with Gasteiger partial charge in [-0.3, -0.25) is 14.5 Å². The average Bonchev–Trinajstić information content (AvgIpc) is 3.05. The normalized spacial score (nSPS) is 11.6. The maximum atomic E-state index is 12.3. The molecular formula is C16H11N5O4S2. The Morgan fingerprint density at radius 2 is 1.85 bits per heavy atom. The van der Waals surface area contributed by atoms with Crippen LogP contribution in [0.4, 0.5) is 5.69 Å². The molecule has 0 aliphatic heterocycles. The lowest BCUT2D eigenvalue weighted by atomic mass is 10.2. The van der Waals surface area contributed by atoms with Crippen molar-refractivity contribution in [2.24, 2.45) is 0 Å². The van der Waals surface area contributed by atoms with Gasteiger partial charge in [-0.15, -0.1) is 0 Å². The highest BCUT2D eigenvalue weighted by molar-refractivity contribution is 7.92. The molecule has 0 aliphatic rings. The molecule has 0 aliphatic carbocycles. The molecule has 0 unspecified atom stereocenters. The van der Waals surface area contributed by atoms with Crippen molar-refractivity contribution in [3.05, 3.63) is 69.6 Å². The zero-order chi connectivity index (χ0) is 19.0. The standard InChI is InChI=1S/C16H11N5O4S2/c22-13-12(8-18-16(23)20-13)27(24,25)21-10-5-3-9(4-6-10)14-19-11-2-1-7-17-15(11)26-14/h1-8,21H,(H2,18,20,22,23). The SMILES string of the molecule is O=c1[nH]cc(S(=O)(=O)Nc2ccc(-c3nc4cccnc4s3)cc2)c(=O)[nH]1. The second-order valence-electron chi connectivity index (χ2n) is 5.47. The predicted molar refractivity (Wildman–Crippen MR) is 101 cm³/mol. The zero-order valence-corrected chi connectivity index (χ0v) is 15.1. The van der Waals surface area contributed by atoms with Crippen LogP contribution in [0.2, 0.25) is 0 Å². The van der Waals surface area contributed by atoms with E-state index >= 15 is 0 Å². The van der Waals surface area contributed by atoms with Crippen LogP contribution in [0, 0.1) is 0 Å². The van der Waals surface area contributed by atoms with Crippen LogP contribution in [0.3, 0.4) is 0 Å². The summed E-state index contributed by atoms with van der Waals surface area (Å²) in [5, 5.41) is 0.759. The van der Waals surface area contributed by atoms with Crippen molar-refractivity contribution >= 4 is 37.4 Å². The Morgan fingerprint density at radius 3 is 2.56 bits per heavy atom. The minimum atomic E-state index is -4.15. The van der Waals surface area contributed by atoms with Gasteiger partial charge in [0.1, 0.15) is 15.4 Å². The van der Waals surface area contributed by atoms with Gasteiger partial charge in [0.15, 0.2) is 4.90 Å². The lowest BCUT2D eigenvalue weighted by molar-refractivity contribution is 0.599. The van der Waals surface area contributed by atoms with Gasteiger partial charge in [-0.05, 0) is 36.4 Å². The highest BCUT2D eigenvalue weighted by Crippen LogP contribution is 2.29. The number of sulfonamides is 1. The molecule has 0 saturated carbocycles. The van der Waals surface area contributed by atoms with Crippen LogP contribution in [0.1, 0.15) is 0 Å². The molecule has 0 radical (unpaired) electrons. The Morgan fingerprint density at radius 1 is 1.07 bits per heavy atom. The van der Waals surface area contributed by atoms with Crippen LogP contribution in [0.25, 0.3) is 20.9 Å². The summed E-state index contributed by atoms with van der Waals surface area (Å²) in [6, 6.07) is 10.2. The molecule has 0 amide bonds. The van der Waals surface area contributed by atoms with Gasteiger partial charge in [-0.25, -0.2) is 23.2 Å². The number of H-pyrrole nitrogens is 2. The summed E-state index contributed by atoms with van der Waals surface area (Å²) in [4.78, 5) is 35.7. The van der Waals surface area contributed by atoms with E-state index in [4.69, 9.17) is 0 Å². The Hall–Kier alpha value is -3.31. The second kappa shape index (κ2) is 6.45. The van der Waals surface area contributed by atoms with E-state index in [1.54, 1.807) is 30.5 Å². The van der Waals surface area contributed by atoms with Crippen LogP contribution in [-0.4, -0.2) is 28.4 Å². The first-order valence-corrected chi connectivity index (χ1v) is 9.89. The Labute approximate surface area is 155 Å². The zero-order valence-electron chi connectivity index (χ0n) is 13.5. The molecular weight excluding hydrogens is 390 g/mol. The average molecular weight is 401 g/mol. The molecule has 1 aromatic carbocycles. The van der Waals surface area contributed by atoms with Crippen molar-refractivity contribution in [2.75, 3.05) is 4.72 Å². The number of pyridine rings is 1. The maximum Gasteiger partial charge on any atom is 0.325 e. The number of rotatable bonds is 4. The summed E-state index contributed by atoms with van der Waals surface area (Å²) >= 11 is 1.43. The maximum absolute atomic E-state index is 12.3. The molecule has 4 rings (SSSR count). The number of anilines is 1. The topological polar surface area (TPSA) is 138 Å². The van der Waals surface area contributed by atoms with Crippen molar-refractivity contribution in [3.63, 3.8) is 0 Å². The Bertz CT molecular complexity index is 1320. The number of nitrogens with zero attached hydrogens (tertiary/aromatic N) is 2. The predicted octanol–water partition coefficient (Wildman–Crippen LogP) is 1.54. The highest BCUT2D eigenvalue weighted by Gasteiger charge is 2.19. The molecule has 0 fully saturated rings. The number of benzene rings is 1. The largest absolute Gasteiger partial charge is 0.325 e. The van der Waals surface area contributed by atoms with Gasteiger partial charge in [-0.2, -0.15) is 0 Å². The molecule has 0 spiro atoms. The second-order valence-corrected chi connectivity index (χ2v) is 8.09. The van der Waals surface area contributed by atoms with Crippen molar-refractivity contribution in [2.45, 2.75) is 4.90 Å². The first-order valence-electron chi connectivity index (χ1n) is 7.59. The van der Waals surface area contributed by atoms with Gasteiger partial charge >= 0.3 is 5.69 Å². The van der Waals surface area contributed by atoms with Gasteiger partial charge < -0.3 is 4.98 Å². The fourth-order valence-electron chi connectivity index (χ4n) is 2.38. The van der Waals surface area contributed by atoms with Crippen LogP contribution < -0.4 is 16.0 Å². The first-order chi connectivity index (χ1) is 12.9. The molecule has 3 aromatic heterocycles. The van der Waals surface area contributed by atoms with Crippen LogP contribution in [0.15, 0.2) is 63.3 Å². The minimum Gasteiger partial charge on any atom is -0.313 e. The molecule has 9 nitrogen and oxygen atoms in total. The van der Waals surface area contributed by atoms with Crippen molar-refractivity contribution in [1.82, 2.24) is 19.9 Å². The van der Waals surface area contributed by atoms with Crippen molar-refractivity contribution < 1.29 is 8.42 Å². The van der Waals surface area contributed by atoms with Crippen molar-refractivity contribution in [1.29, 1.82) is 0 Å². The van der Waals surface area contributed by atoms with Crippen LogP contribution in [-0.2, 0) is 10.0 Å². The molecule has 4 aromatic rings. The Balaban J connectivity index is 1.62. The lowest BCUT2D eigenvalue weighted by Gasteiger charge is -2.07. The van der Waals surface area contributed by atoms with Gasteiger partial charge in [0.2, 0.25) is 0 Å². The van der Waals surface area contributed by atoms with E-state index in [0.717, 1.165) is 27.1 Å². The van der Waals surface area contributed by atoms with Crippen LogP contribution >= 0.6 is 11.3 Å². The van der Waals surface area contributed by atoms with Gasteiger partial charge in [0, 0.05) is 23.6 Å². The number of aromatic amines is 2. The Kier molecular flexibility index (Phi) is 4.09. The first kappa shape index (κ1) is 17.1. The molecule has 136 valence electrons. The third-order valence-corrected chi connectivity index (χ3v) is 6.04. The summed E-state index contributed by atoms with van der Waals surface area (Å²) in [7, 11) is -4.15. The van der Waals surface area contributed by atoms with Gasteiger partial charge in [0.05, 0.1) is 0 Å². The molecule has 0 bridgehead atoms. The van der Waals surface area contributed by atoms with E-state index in [1.807, 2.05) is 17.1 Å². The number of aromatic nitrogens is 4. The number of fused-ring (bicyclic) bond motifs is 1. The fraction of sp³-hybridized carbons (Fsp3) is 0. The van der Waals surface area contributed by atoms with Crippen LogP contribution in [0.5, 0.6) is 0 Å². The summed E-state index contributed by atoms with van der Waals surface area (Å²) in [6.45, 7) is 0.